The number of hydrogen-bond donors (Lipinski definition) is 2. The molecule has 0 spiro atoms. The second-order valence-electron chi connectivity index (χ2n) is 11.1. The van der Waals surface area contributed by atoms with Gasteiger partial charge in [-0.1, -0.05) is 55.8 Å². The summed E-state index contributed by atoms with van der Waals surface area (Å²) in [5, 5.41) is 8.20. The van der Waals surface area contributed by atoms with Crippen LogP contribution >= 0.6 is 23.8 Å². The molecule has 0 amide bonds. The van der Waals surface area contributed by atoms with Crippen molar-refractivity contribution in [3.8, 4) is 11.5 Å². The number of Topliss-reactive ketones (excluding diaryl/α,β-unsaturated/α-hetero) is 1. The van der Waals surface area contributed by atoms with Crippen molar-refractivity contribution < 1.29 is 14.3 Å². The van der Waals surface area contributed by atoms with Gasteiger partial charge in [0.05, 0.1) is 24.0 Å². The maximum absolute atomic E-state index is 14.0. The average Bonchev–Trinajstić information content (AvgIpc) is 3.07. The molecule has 1 aliphatic heterocycles. The maximum Gasteiger partial charge on any atom is 0.174 e. The number of hydrogen-bond acceptors (Lipinski definition) is 5. The lowest BCUT2D eigenvalue weighted by Gasteiger charge is -2.38. The molecule has 0 radical (unpaired) electrons. The lowest BCUT2D eigenvalue weighted by Crippen LogP contribution is -2.44. The molecule has 6 nitrogen and oxygen atoms in total. The molecule has 0 aromatic heterocycles. The summed E-state index contributed by atoms with van der Waals surface area (Å²) >= 11 is 12.0. The lowest BCUT2D eigenvalue weighted by atomic mass is 9.73. The van der Waals surface area contributed by atoms with Gasteiger partial charge in [-0.05, 0) is 85.4 Å². The molecule has 0 bridgehead atoms. The summed E-state index contributed by atoms with van der Waals surface area (Å²) < 4.78 is 12.3. The van der Waals surface area contributed by atoms with Gasteiger partial charge < -0.3 is 25.0 Å². The van der Waals surface area contributed by atoms with Gasteiger partial charge in [-0.2, -0.15) is 0 Å². The largest absolute Gasteiger partial charge is 0.490 e. The molecule has 41 heavy (non-hydrogen) atoms. The van der Waals surface area contributed by atoms with Gasteiger partial charge in [0.2, 0.25) is 0 Å². The number of ketones is 1. The van der Waals surface area contributed by atoms with E-state index < -0.39 is 6.04 Å². The third-order valence-corrected chi connectivity index (χ3v) is 7.93. The molecule has 1 heterocycles. The van der Waals surface area contributed by atoms with Gasteiger partial charge in [-0.25, -0.2) is 0 Å². The first kappa shape index (κ1) is 29.0. The number of anilines is 2. The van der Waals surface area contributed by atoms with E-state index in [-0.39, 0.29) is 11.2 Å². The van der Waals surface area contributed by atoms with Crippen LogP contribution in [0.25, 0.3) is 0 Å². The Labute approximate surface area is 252 Å². The molecule has 0 saturated heterocycles. The number of thiocarbonyl (C=S) groups is 1. The van der Waals surface area contributed by atoms with E-state index in [1.165, 1.54) is 0 Å². The number of nitrogens with one attached hydrogen (secondary N) is 2. The number of carbonyl (C=O) groups excluding carboxylic acids is 1. The van der Waals surface area contributed by atoms with Crippen molar-refractivity contribution >= 4 is 46.1 Å². The molecule has 3 aromatic rings. The normalized spacial score (nSPS) is 17.6. The Hall–Kier alpha value is -3.55. The van der Waals surface area contributed by atoms with Crippen molar-refractivity contribution in [1.29, 1.82) is 0 Å². The van der Waals surface area contributed by atoms with Crippen molar-refractivity contribution in [2.75, 3.05) is 23.4 Å². The van der Waals surface area contributed by atoms with Crippen LogP contribution in [0.3, 0.4) is 0 Å². The van der Waals surface area contributed by atoms with Crippen molar-refractivity contribution in [1.82, 2.24) is 5.32 Å². The zero-order valence-corrected chi connectivity index (χ0v) is 25.5. The minimum absolute atomic E-state index is 0.117. The molecule has 214 valence electrons. The number of benzene rings is 3. The van der Waals surface area contributed by atoms with E-state index in [4.69, 9.17) is 33.3 Å². The molecule has 3 aromatic carbocycles. The van der Waals surface area contributed by atoms with E-state index in [2.05, 4.69) is 29.4 Å². The van der Waals surface area contributed by atoms with Crippen molar-refractivity contribution in [3.05, 3.63) is 94.1 Å². The topological polar surface area (TPSA) is 62.8 Å². The summed E-state index contributed by atoms with van der Waals surface area (Å²) in [6.07, 6.45) is 1.21. The number of nitrogens with zero attached hydrogens (tertiary/aromatic N) is 1. The van der Waals surface area contributed by atoms with Crippen molar-refractivity contribution in [3.63, 3.8) is 0 Å². The standard InChI is InChI=1S/C33H36ClN3O3S/c1-5-35-32(41)37-26-10-8-7-9-24(26)36-25-18-33(3,4)19-27(38)30(25)31(37)22-13-16-28(29(17-22)39-6-2)40-20-21-11-14-23(34)15-12-21/h7-17,31,36H,5-6,18-20H2,1-4H3,(H,35,41)/t31-/m1/s1. The summed E-state index contributed by atoms with van der Waals surface area (Å²) in [7, 11) is 0. The molecule has 2 N–H and O–H groups in total. The smallest absolute Gasteiger partial charge is 0.174 e. The summed E-state index contributed by atoms with van der Waals surface area (Å²) in [6.45, 7) is 9.75. The fourth-order valence-electron chi connectivity index (χ4n) is 5.59. The molecule has 1 aliphatic carbocycles. The third-order valence-electron chi connectivity index (χ3n) is 7.34. The van der Waals surface area contributed by atoms with Gasteiger partial charge in [-0.3, -0.25) is 4.79 Å². The van der Waals surface area contributed by atoms with E-state index in [1.54, 1.807) is 0 Å². The molecular weight excluding hydrogens is 554 g/mol. The highest BCUT2D eigenvalue weighted by Gasteiger charge is 2.42. The van der Waals surface area contributed by atoms with Crippen LogP contribution < -0.4 is 25.0 Å². The lowest BCUT2D eigenvalue weighted by molar-refractivity contribution is -0.118. The molecule has 8 heteroatoms. The Morgan fingerprint density at radius 2 is 1.80 bits per heavy atom. The monoisotopic (exact) mass is 589 g/mol. The second kappa shape index (κ2) is 12.1. The highest BCUT2D eigenvalue weighted by atomic mass is 35.5. The van der Waals surface area contributed by atoms with E-state index >= 15 is 0 Å². The first-order chi connectivity index (χ1) is 19.7. The number of carbonyl (C=O) groups is 1. The Kier molecular flexibility index (Phi) is 8.57. The third kappa shape index (κ3) is 6.21. The molecular formula is C33H36ClN3O3S. The van der Waals surface area contributed by atoms with Crippen molar-refractivity contribution in [2.45, 2.75) is 53.2 Å². The maximum atomic E-state index is 14.0. The number of para-hydroxylation sites is 2. The van der Waals surface area contributed by atoms with Crippen LogP contribution in [0.2, 0.25) is 5.02 Å². The number of ether oxygens (including phenoxy) is 2. The van der Waals surface area contributed by atoms with Crippen molar-refractivity contribution in [2.24, 2.45) is 5.41 Å². The molecule has 0 saturated carbocycles. The van der Waals surface area contributed by atoms with E-state index in [9.17, 15) is 4.79 Å². The van der Waals surface area contributed by atoms with Gasteiger partial charge in [0.25, 0.3) is 0 Å². The molecule has 0 fully saturated rings. The minimum atomic E-state index is -0.458. The highest BCUT2D eigenvalue weighted by molar-refractivity contribution is 7.80. The first-order valence-electron chi connectivity index (χ1n) is 14.0. The highest BCUT2D eigenvalue weighted by Crippen LogP contribution is 2.49. The van der Waals surface area contributed by atoms with Crippen LogP contribution in [0, 0.1) is 5.41 Å². The van der Waals surface area contributed by atoms with E-state index in [0.717, 1.165) is 40.2 Å². The first-order valence-corrected chi connectivity index (χ1v) is 14.8. The summed E-state index contributed by atoms with van der Waals surface area (Å²) in [6, 6.07) is 21.1. The van der Waals surface area contributed by atoms with E-state index in [0.29, 0.717) is 47.8 Å². The summed E-state index contributed by atoms with van der Waals surface area (Å²) in [4.78, 5) is 16.0. The Morgan fingerprint density at radius 1 is 1.05 bits per heavy atom. The predicted octanol–water partition coefficient (Wildman–Crippen LogP) is 7.83. The van der Waals surface area contributed by atoms with Gasteiger partial charge in [-0.15, -0.1) is 0 Å². The quantitative estimate of drug-likeness (QED) is 0.272. The van der Waals surface area contributed by atoms with E-state index in [1.807, 2.05) is 80.6 Å². The Morgan fingerprint density at radius 3 is 2.54 bits per heavy atom. The SMILES string of the molecule is CCNC(=S)N1c2ccccc2NC2=C(C(=O)CC(C)(C)C2)[C@H]1c1ccc(OCc2ccc(Cl)cc2)c(OCC)c1. The number of rotatable bonds is 7. The average molecular weight is 590 g/mol. The van der Waals surface area contributed by atoms with Crippen LogP contribution in [0.5, 0.6) is 11.5 Å². The minimum Gasteiger partial charge on any atom is -0.490 e. The Bertz CT molecular complexity index is 1490. The fourth-order valence-corrected chi connectivity index (χ4v) is 6.06. The van der Waals surface area contributed by atoms with Gasteiger partial charge in [0.1, 0.15) is 6.61 Å². The van der Waals surface area contributed by atoms with Crippen LogP contribution in [0.4, 0.5) is 11.4 Å². The van der Waals surface area contributed by atoms with Gasteiger partial charge in [0.15, 0.2) is 22.4 Å². The summed E-state index contributed by atoms with van der Waals surface area (Å²) in [5.41, 5.74) is 5.23. The zero-order valence-electron chi connectivity index (χ0n) is 23.9. The molecule has 0 unspecified atom stereocenters. The summed E-state index contributed by atoms with van der Waals surface area (Å²) in [5.74, 6) is 1.36. The van der Waals surface area contributed by atoms with Crippen LogP contribution in [0.15, 0.2) is 78.0 Å². The molecule has 5 rings (SSSR count). The van der Waals surface area contributed by atoms with Gasteiger partial charge in [0, 0.05) is 29.3 Å². The Balaban J connectivity index is 1.63. The van der Waals surface area contributed by atoms with Crippen LogP contribution in [-0.4, -0.2) is 24.0 Å². The fraction of sp³-hybridized carbons (Fsp3) is 0.333. The zero-order chi connectivity index (χ0) is 29.1. The second-order valence-corrected chi connectivity index (χ2v) is 12.0. The van der Waals surface area contributed by atoms with Gasteiger partial charge >= 0.3 is 0 Å². The number of allylic oxidation sites excluding steroid dienone is 1. The molecule has 2 aliphatic rings. The number of halogens is 1. The molecule has 1 atom stereocenters. The number of fused-ring (bicyclic) bond motifs is 1. The predicted molar refractivity (Wildman–Crippen MR) is 170 cm³/mol. The van der Waals surface area contributed by atoms with Crippen LogP contribution in [-0.2, 0) is 11.4 Å². The van der Waals surface area contributed by atoms with Crippen LogP contribution in [0.1, 0.15) is 57.7 Å².